The van der Waals surface area contributed by atoms with Crippen LogP contribution in [0.3, 0.4) is 0 Å². The van der Waals surface area contributed by atoms with E-state index in [2.05, 4.69) is 10.2 Å². The van der Waals surface area contributed by atoms with Crippen molar-refractivity contribution in [3.63, 3.8) is 0 Å². The first-order chi connectivity index (χ1) is 13.8. The molecule has 152 valence electrons. The van der Waals surface area contributed by atoms with Crippen molar-refractivity contribution in [2.45, 2.75) is 26.1 Å². The van der Waals surface area contributed by atoms with E-state index >= 15 is 0 Å². The quantitative estimate of drug-likeness (QED) is 0.528. The van der Waals surface area contributed by atoms with Crippen LogP contribution in [-0.4, -0.2) is 27.5 Å². The molecule has 0 fully saturated rings. The lowest BCUT2D eigenvalue weighted by Gasteiger charge is -2.21. The van der Waals surface area contributed by atoms with Gasteiger partial charge in [0.25, 0.3) is 5.91 Å². The van der Waals surface area contributed by atoms with Gasteiger partial charge < -0.3 is 9.32 Å². The van der Waals surface area contributed by atoms with E-state index in [1.807, 2.05) is 6.92 Å². The Kier molecular flexibility index (Phi) is 6.22. The number of alkyl halides is 3. The standard InChI is InChI=1S/C20H17ClF3N3O2/c1-2-10-27(19(28)13-6-5-7-14(11-13)20(22,23)24)12-17-25-26-18(29-17)15-8-3-4-9-16(15)21/h3-9,11H,2,10,12H2,1H3. The Bertz CT molecular complexity index is 1000. The maximum Gasteiger partial charge on any atom is 0.416 e. The van der Waals surface area contributed by atoms with Gasteiger partial charge in [0.2, 0.25) is 11.8 Å². The van der Waals surface area contributed by atoms with E-state index in [0.29, 0.717) is 23.6 Å². The van der Waals surface area contributed by atoms with E-state index in [4.69, 9.17) is 16.0 Å². The molecule has 0 aliphatic rings. The molecule has 9 heteroatoms. The molecule has 0 aliphatic carbocycles. The van der Waals surface area contributed by atoms with Gasteiger partial charge in [-0.05, 0) is 36.8 Å². The van der Waals surface area contributed by atoms with Crippen LogP contribution in [0.25, 0.3) is 11.5 Å². The van der Waals surface area contributed by atoms with Crippen LogP contribution in [0, 0.1) is 0 Å². The predicted molar refractivity (Wildman–Crippen MR) is 101 cm³/mol. The van der Waals surface area contributed by atoms with Crippen LogP contribution < -0.4 is 0 Å². The number of aromatic nitrogens is 2. The van der Waals surface area contributed by atoms with Gasteiger partial charge in [-0.3, -0.25) is 4.79 Å². The normalized spacial score (nSPS) is 11.5. The number of carbonyl (C=O) groups excluding carboxylic acids is 1. The van der Waals surface area contributed by atoms with Crippen LogP contribution in [0.1, 0.15) is 35.2 Å². The fourth-order valence-corrected chi connectivity index (χ4v) is 2.97. The third kappa shape index (κ3) is 4.95. The highest BCUT2D eigenvalue weighted by Crippen LogP contribution is 2.30. The Hall–Kier alpha value is -2.87. The molecular weight excluding hydrogens is 407 g/mol. The molecule has 0 aliphatic heterocycles. The molecule has 2 aromatic carbocycles. The minimum atomic E-state index is -4.53. The maximum atomic E-state index is 13.0. The largest absolute Gasteiger partial charge is 0.419 e. The molecule has 0 bridgehead atoms. The smallest absolute Gasteiger partial charge is 0.416 e. The number of amides is 1. The first-order valence-electron chi connectivity index (χ1n) is 8.83. The van der Waals surface area contributed by atoms with Crippen molar-refractivity contribution in [2.75, 3.05) is 6.54 Å². The monoisotopic (exact) mass is 423 g/mol. The molecule has 0 spiro atoms. The molecule has 1 heterocycles. The molecule has 0 atom stereocenters. The van der Waals surface area contributed by atoms with Crippen LogP contribution in [0.4, 0.5) is 13.2 Å². The highest BCUT2D eigenvalue weighted by Gasteiger charge is 2.31. The second kappa shape index (κ2) is 8.65. The molecular formula is C20H17ClF3N3O2. The second-order valence-electron chi connectivity index (χ2n) is 6.29. The van der Waals surface area contributed by atoms with E-state index in [1.54, 1.807) is 24.3 Å². The van der Waals surface area contributed by atoms with Gasteiger partial charge in [0, 0.05) is 12.1 Å². The third-order valence-electron chi connectivity index (χ3n) is 4.11. The molecule has 0 saturated carbocycles. The Labute approximate surface area is 170 Å². The molecule has 0 N–H and O–H groups in total. The van der Waals surface area contributed by atoms with Gasteiger partial charge in [-0.1, -0.05) is 36.7 Å². The molecule has 3 aromatic rings. The molecule has 29 heavy (non-hydrogen) atoms. The van der Waals surface area contributed by atoms with E-state index in [1.165, 1.54) is 17.0 Å². The van der Waals surface area contributed by atoms with Crippen LogP contribution >= 0.6 is 11.6 Å². The van der Waals surface area contributed by atoms with Crippen molar-refractivity contribution in [1.29, 1.82) is 0 Å². The number of nitrogens with zero attached hydrogens (tertiary/aromatic N) is 3. The first kappa shape index (κ1) is 20.9. The first-order valence-corrected chi connectivity index (χ1v) is 9.21. The minimum absolute atomic E-state index is 0.0274. The van der Waals surface area contributed by atoms with E-state index < -0.39 is 17.6 Å². The van der Waals surface area contributed by atoms with Gasteiger partial charge in [0.15, 0.2) is 0 Å². The molecule has 5 nitrogen and oxygen atoms in total. The van der Waals surface area contributed by atoms with Crippen molar-refractivity contribution in [3.05, 3.63) is 70.6 Å². The van der Waals surface area contributed by atoms with Crippen LogP contribution in [0.15, 0.2) is 52.9 Å². The number of hydrogen-bond donors (Lipinski definition) is 0. The van der Waals surface area contributed by atoms with Crippen molar-refractivity contribution in [2.24, 2.45) is 0 Å². The SMILES string of the molecule is CCCN(Cc1nnc(-c2ccccc2Cl)o1)C(=O)c1cccc(C(F)(F)F)c1. The number of halogens is 4. The molecule has 3 rings (SSSR count). The topological polar surface area (TPSA) is 59.2 Å². The Morgan fingerprint density at radius 1 is 1.14 bits per heavy atom. The minimum Gasteiger partial charge on any atom is -0.419 e. The highest BCUT2D eigenvalue weighted by molar-refractivity contribution is 6.33. The van der Waals surface area contributed by atoms with E-state index in [0.717, 1.165) is 12.1 Å². The molecule has 0 radical (unpaired) electrons. The lowest BCUT2D eigenvalue weighted by Crippen LogP contribution is -2.31. The number of rotatable bonds is 6. The maximum absolute atomic E-state index is 13.0. The number of carbonyl (C=O) groups is 1. The summed E-state index contributed by atoms with van der Waals surface area (Å²) in [5.74, 6) is -0.183. The number of benzene rings is 2. The van der Waals surface area contributed by atoms with Gasteiger partial charge >= 0.3 is 6.18 Å². The highest BCUT2D eigenvalue weighted by atomic mass is 35.5. The molecule has 1 amide bonds. The van der Waals surface area contributed by atoms with Crippen molar-refractivity contribution < 1.29 is 22.4 Å². The van der Waals surface area contributed by atoms with Gasteiger partial charge in [0.1, 0.15) is 0 Å². The lowest BCUT2D eigenvalue weighted by atomic mass is 10.1. The van der Waals surface area contributed by atoms with Gasteiger partial charge in [-0.2, -0.15) is 13.2 Å². The summed E-state index contributed by atoms with van der Waals surface area (Å²) >= 11 is 6.12. The van der Waals surface area contributed by atoms with Crippen molar-refractivity contribution in [1.82, 2.24) is 15.1 Å². The average Bonchev–Trinajstić information content (AvgIpc) is 3.15. The Morgan fingerprint density at radius 2 is 1.90 bits per heavy atom. The van der Waals surface area contributed by atoms with Gasteiger partial charge in [-0.25, -0.2) is 0 Å². The Morgan fingerprint density at radius 3 is 2.59 bits per heavy atom. The zero-order valence-corrected chi connectivity index (χ0v) is 16.2. The fraction of sp³-hybridized carbons (Fsp3) is 0.250. The van der Waals surface area contributed by atoms with E-state index in [-0.39, 0.29) is 23.9 Å². The molecule has 0 unspecified atom stereocenters. The summed E-state index contributed by atoms with van der Waals surface area (Å²) in [5.41, 5.74) is -0.378. The summed E-state index contributed by atoms with van der Waals surface area (Å²) in [5, 5.41) is 8.33. The predicted octanol–water partition coefficient (Wildman–Crippen LogP) is 5.46. The molecule has 1 aromatic heterocycles. The fourth-order valence-electron chi connectivity index (χ4n) is 2.76. The van der Waals surface area contributed by atoms with Crippen molar-refractivity contribution >= 4 is 17.5 Å². The summed E-state index contributed by atoms with van der Waals surface area (Å²) < 4.78 is 44.5. The Balaban J connectivity index is 1.82. The summed E-state index contributed by atoms with van der Waals surface area (Å²) in [6, 6.07) is 11.3. The summed E-state index contributed by atoms with van der Waals surface area (Å²) in [6.45, 7) is 2.15. The molecule has 0 saturated heterocycles. The zero-order valence-electron chi connectivity index (χ0n) is 15.4. The lowest BCUT2D eigenvalue weighted by molar-refractivity contribution is -0.137. The zero-order chi connectivity index (χ0) is 21.0. The summed E-state index contributed by atoms with van der Waals surface area (Å²) in [6.07, 6.45) is -3.92. The summed E-state index contributed by atoms with van der Waals surface area (Å²) in [7, 11) is 0. The average molecular weight is 424 g/mol. The van der Waals surface area contributed by atoms with Gasteiger partial charge in [0.05, 0.1) is 22.7 Å². The second-order valence-corrected chi connectivity index (χ2v) is 6.69. The van der Waals surface area contributed by atoms with Gasteiger partial charge in [-0.15, -0.1) is 10.2 Å². The third-order valence-corrected chi connectivity index (χ3v) is 4.44. The van der Waals surface area contributed by atoms with E-state index in [9.17, 15) is 18.0 Å². The summed E-state index contributed by atoms with van der Waals surface area (Å²) in [4.78, 5) is 14.2. The number of hydrogen-bond acceptors (Lipinski definition) is 4. The van der Waals surface area contributed by atoms with Crippen LogP contribution in [0.2, 0.25) is 5.02 Å². The van der Waals surface area contributed by atoms with Crippen LogP contribution in [-0.2, 0) is 12.7 Å². The van der Waals surface area contributed by atoms with Crippen molar-refractivity contribution in [3.8, 4) is 11.5 Å². The van der Waals surface area contributed by atoms with Crippen LogP contribution in [0.5, 0.6) is 0 Å².